The van der Waals surface area contributed by atoms with Gasteiger partial charge in [0.25, 0.3) is 10.0 Å². The van der Waals surface area contributed by atoms with E-state index in [0.29, 0.717) is 18.0 Å². The first-order valence-electron chi connectivity index (χ1n) is 5.67. The number of hydrogen-bond acceptors (Lipinski definition) is 5. The quantitative estimate of drug-likeness (QED) is 0.735. The van der Waals surface area contributed by atoms with E-state index in [-0.39, 0.29) is 15.9 Å². The fraction of sp³-hybridized carbons (Fsp3) is 0.167. The van der Waals surface area contributed by atoms with Crippen LogP contribution in [0.2, 0.25) is 5.02 Å². The summed E-state index contributed by atoms with van der Waals surface area (Å²) in [7, 11) is -2.26. The molecule has 0 bridgehead atoms. The van der Waals surface area contributed by atoms with Crippen molar-refractivity contribution in [3.05, 3.63) is 41.1 Å². The zero-order valence-corrected chi connectivity index (χ0v) is 12.1. The molecule has 0 atom stereocenters. The van der Waals surface area contributed by atoms with E-state index in [0.717, 1.165) is 0 Å². The van der Waals surface area contributed by atoms with E-state index in [9.17, 15) is 13.5 Å². The van der Waals surface area contributed by atoms with Crippen molar-refractivity contribution < 1.29 is 17.9 Å². The summed E-state index contributed by atoms with van der Waals surface area (Å²) in [6, 6.07) is 7.62. The number of rotatable bonds is 5. The number of aromatic hydroxyl groups is 1. The second-order valence-electron chi connectivity index (χ2n) is 3.95. The number of anilines is 1. The van der Waals surface area contributed by atoms with Crippen molar-refractivity contribution in [3.8, 4) is 5.75 Å². The summed E-state index contributed by atoms with van der Waals surface area (Å²) in [5.74, 6) is 0.459. The first kappa shape index (κ1) is 14.7. The summed E-state index contributed by atoms with van der Waals surface area (Å²) in [4.78, 5) is 0. The maximum absolute atomic E-state index is 11.5. The molecule has 0 aliphatic rings. The van der Waals surface area contributed by atoms with Crippen LogP contribution in [0.4, 0.5) is 5.69 Å². The second-order valence-corrected chi connectivity index (χ2v) is 6.17. The van der Waals surface area contributed by atoms with Gasteiger partial charge in [0.1, 0.15) is 11.5 Å². The molecule has 108 valence electrons. The Hall–Kier alpha value is -1.70. The van der Waals surface area contributed by atoms with E-state index >= 15 is 0 Å². The largest absolute Gasteiger partial charge is 0.506 e. The summed E-state index contributed by atoms with van der Waals surface area (Å²) in [5, 5.41) is 12.4. The molecule has 20 heavy (non-hydrogen) atoms. The summed E-state index contributed by atoms with van der Waals surface area (Å²) < 4.78 is 30.4. The molecule has 2 aromatic rings. The highest BCUT2D eigenvalue weighted by Crippen LogP contribution is 2.26. The molecule has 6 nitrogen and oxygen atoms in total. The molecule has 0 aliphatic carbocycles. The Morgan fingerprint density at radius 2 is 2.05 bits per heavy atom. The first-order valence-corrected chi connectivity index (χ1v) is 7.53. The van der Waals surface area contributed by atoms with Crippen molar-refractivity contribution in [1.82, 2.24) is 4.72 Å². The molecule has 0 radical (unpaired) electrons. The Balaban J connectivity index is 2.06. The topological polar surface area (TPSA) is 91.6 Å². The Morgan fingerprint density at radius 3 is 2.70 bits per heavy atom. The first-order chi connectivity index (χ1) is 9.42. The number of nitrogens with one attached hydrogen (secondary N) is 2. The normalized spacial score (nSPS) is 11.5. The minimum absolute atomic E-state index is 0.00221. The number of sulfonamides is 1. The monoisotopic (exact) mass is 316 g/mol. The molecule has 0 unspecified atom stereocenters. The Morgan fingerprint density at radius 1 is 1.30 bits per heavy atom. The van der Waals surface area contributed by atoms with Crippen LogP contribution in [0, 0.1) is 0 Å². The van der Waals surface area contributed by atoms with Crippen LogP contribution < -0.4 is 10.0 Å². The van der Waals surface area contributed by atoms with Crippen molar-refractivity contribution in [2.45, 2.75) is 11.6 Å². The van der Waals surface area contributed by atoms with Crippen LogP contribution in [0.1, 0.15) is 5.76 Å². The highest BCUT2D eigenvalue weighted by Gasteiger charge is 2.16. The molecular weight excluding hydrogens is 304 g/mol. The average molecular weight is 317 g/mol. The van der Waals surface area contributed by atoms with Crippen molar-refractivity contribution in [1.29, 1.82) is 0 Å². The molecule has 8 heteroatoms. The molecule has 0 saturated carbocycles. The Kier molecular flexibility index (Phi) is 4.22. The van der Waals surface area contributed by atoms with Gasteiger partial charge in [-0.2, -0.15) is 0 Å². The molecule has 1 aromatic carbocycles. The van der Waals surface area contributed by atoms with Gasteiger partial charge in [-0.3, -0.25) is 0 Å². The Labute approximate surface area is 121 Å². The van der Waals surface area contributed by atoms with Gasteiger partial charge in [-0.05, 0) is 37.4 Å². The lowest BCUT2D eigenvalue weighted by molar-refractivity contribution is 0.417. The van der Waals surface area contributed by atoms with Crippen molar-refractivity contribution in [2.75, 3.05) is 12.4 Å². The van der Waals surface area contributed by atoms with Crippen LogP contribution >= 0.6 is 11.6 Å². The zero-order chi connectivity index (χ0) is 14.8. The molecule has 3 N–H and O–H groups in total. The van der Waals surface area contributed by atoms with Gasteiger partial charge in [-0.25, -0.2) is 13.1 Å². The van der Waals surface area contributed by atoms with E-state index in [1.54, 1.807) is 18.2 Å². The number of furan rings is 1. The predicted molar refractivity (Wildman–Crippen MR) is 75.4 cm³/mol. The van der Waals surface area contributed by atoms with Crippen LogP contribution in [0.5, 0.6) is 5.75 Å². The lowest BCUT2D eigenvalue weighted by Crippen LogP contribution is -2.17. The maximum atomic E-state index is 11.5. The van der Waals surface area contributed by atoms with Crippen LogP contribution in [0.3, 0.4) is 0 Å². The molecule has 0 saturated heterocycles. The standard InChI is InChI=1S/C12H13ClN2O4S/c1-14-20(17,18)12-5-3-9(19-12)7-15-8-2-4-11(16)10(13)6-8/h2-6,14-16H,7H2,1H3. The lowest BCUT2D eigenvalue weighted by atomic mass is 10.3. The summed E-state index contributed by atoms with van der Waals surface area (Å²) in [6.07, 6.45) is 0. The molecule has 1 heterocycles. The number of halogens is 1. The summed E-state index contributed by atoms with van der Waals surface area (Å²) in [5.41, 5.74) is 0.683. The second kappa shape index (κ2) is 5.74. The highest BCUT2D eigenvalue weighted by atomic mass is 35.5. The van der Waals surface area contributed by atoms with Crippen molar-refractivity contribution in [3.63, 3.8) is 0 Å². The molecule has 2 rings (SSSR count). The van der Waals surface area contributed by atoms with Crippen LogP contribution in [-0.2, 0) is 16.6 Å². The van der Waals surface area contributed by atoms with E-state index < -0.39 is 10.0 Å². The van der Waals surface area contributed by atoms with E-state index in [2.05, 4.69) is 10.0 Å². The third-order valence-electron chi connectivity index (χ3n) is 2.59. The highest BCUT2D eigenvalue weighted by molar-refractivity contribution is 7.89. The maximum Gasteiger partial charge on any atom is 0.273 e. The Bertz CT molecular complexity index is 712. The molecule has 0 amide bonds. The van der Waals surface area contributed by atoms with Gasteiger partial charge in [-0.15, -0.1) is 0 Å². The smallest absolute Gasteiger partial charge is 0.273 e. The van der Waals surface area contributed by atoms with Gasteiger partial charge < -0.3 is 14.8 Å². The van der Waals surface area contributed by atoms with Crippen molar-refractivity contribution in [2.24, 2.45) is 0 Å². The molecule has 1 aromatic heterocycles. The van der Waals surface area contributed by atoms with Gasteiger partial charge >= 0.3 is 0 Å². The lowest BCUT2D eigenvalue weighted by Gasteiger charge is -2.05. The number of benzene rings is 1. The molecule has 0 aliphatic heterocycles. The minimum Gasteiger partial charge on any atom is -0.506 e. The molecule has 0 fully saturated rings. The number of phenols is 1. The van der Waals surface area contributed by atoms with E-state index in [1.807, 2.05) is 0 Å². The molecular formula is C12H13ClN2O4S. The van der Waals surface area contributed by atoms with Crippen LogP contribution in [0.25, 0.3) is 0 Å². The van der Waals surface area contributed by atoms with Gasteiger partial charge in [0.2, 0.25) is 5.09 Å². The van der Waals surface area contributed by atoms with Gasteiger partial charge in [0.05, 0.1) is 11.6 Å². The van der Waals surface area contributed by atoms with E-state index in [4.69, 9.17) is 16.0 Å². The van der Waals surface area contributed by atoms with Crippen LogP contribution in [0.15, 0.2) is 39.8 Å². The fourth-order valence-corrected chi connectivity index (χ4v) is 2.35. The summed E-state index contributed by atoms with van der Waals surface area (Å²) >= 11 is 5.78. The molecule has 0 spiro atoms. The number of hydrogen-bond donors (Lipinski definition) is 3. The third-order valence-corrected chi connectivity index (χ3v) is 4.17. The van der Waals surface area contributed by atoms with E-state index in [1.165, 1.54) is 19.2 Å². The minimum atomic E-state index is -3.57. The summed E-state index contributed by atoms with van der Waals surface area (Å²) in [6.45, 7) is 0.292. The van der Waals surface area contributed by atoms with Gasteiger partial charge in [0.15, 0.2) is 0 Å². The number of phenolic OH excluding ortho intramolecular Hbond substituents is 1. The SMILES string of the molecule is CNS(=O)(=O)c1ccc(CNc2ccc(O)c(Cl)c2)o1. The van der Waals surface area contributed by atoms with Gasteiger partial charge in [0, 0.05) is 5.69 Å². The zero-order valence-electron chi connectivity index (χ0n) is 10.6. The van der Waals surface area contributed by atoms with Gasteiger partial charge in [-0.1, -0.05) is 11.6 Å². The third kappa shape index (κ3) is 3.24. The predicted octanol–water partition coefficient (Wildman–Crippen LogP) is 2.16. The fourth-order valence-electron chi connectivity index (χ4n) is 1.50. The van der Waals surface area contributed by atoms with Crippen molar-refractivity contribution >= 4 is 27.3 Å². The average Bonchev–Trinajstić information content (AvgIpc) is 2.90. The van der Waals surface area contributed by atoms with Crippen LogP contribution in [-0.4, -0.2) is 20.6 Å².